The molecule has 0 radical (unpaired) electrons. The van der Waals surface area contributed by atoms with E-state index in [2.05, 4.69) is 20.7 Å². The van der Waals surface area contributed by atoms with Crippen molar-refractivity contribution in [1.82, 2.24) is 15.6 Å². The zero-order valence-electron chi connectivity index (χ0n) is 15.0. The summed E-state index contributed by atoms with van der Waals surface area (Å²) in [6.07, 6.45) is 1.33. The number of amides is 1. The summed E-state index contributed by atoms with van der Waals surface area (Å²) in [6, 6.07) is 14.9. The number of nitro groups is 1. The van der Waals surface area contributed by atoms with Crippen LogP contribution in [0.1, 0.15) is 23.0 Å². The summed E-state index contributed by atoms with van der Waals surface area (Å²) in [5.74, 6) is 0.182. The minimum Gasteiger partial charge on any atom is -0.493 e. The molecule has 0 unspecified atom stereocenters. The molecule has 1 heterocycles. The van der Waals surface area contributed by atoms with E-state index in [0.29, 0.717) is 23.6 Å². The quantitative estimate of drug-likeness (QED) is 0.371. The summed E-state index contributed by atoms with van der Waals surface area (Å²) < 4.78 is 5.58. The number of rotatable bonds is 7. The Morgan fingerprint density at radius 3 is 2.89 bits per heavy atom. The van der Waals surface area contributed by atoms with Gasteiger partial charge in [0.25, 0.3) is 11.6 Å². The number of nitrogens with one attached hydrogen (secondary N) is 2. The van der Waals surface area contributed by atoms with Crippen LogP contribution >= 0.6 is 0 Å². The summed E-state index contributed by atoms with van der Waals surface area (Å²) in [7, 11) is 0. The van der Waals surface area contributed by atoms with Crippen LogP contribution in [0.3, 0.4) is 0 Å². The van der Waals surface area contributed by atoms with Gasteiger partial charge in [0.2, 0.25) is 0 Å². The van der Waals surface area contributed by atoms with Gasteiger partial charge in [-0.3, -0.25) is 20.0 Å². The van der Waals surface area contributed by atoms with E-state index in [1.807, 2.05) is 31.2 Å². The minimum atomic E-state index is -0.498. The predicted octanol–water partition coefficient (Wildman–Crippen LogP) is 3.15. The molecule has 1 aromatic heterocycles. The van der Waals surface area contributed by atoms with Crippen LogP contribution in [0.5, 0.6) is 5.75 Å². The van der Waals surface area contributed by atoms with Crippen LogP contribution in [-0.2, 0) is 0 Å². The average Bonchev–Trinajstić information content (AvgIpc) is 3.19. The van der Waals surface area contributed by atoms with Crippen LogP contribution in [-0.4, -0.2) is 33.8 Å². The van der Waals surface area contributed by atoms with Crippen molar-refractivity contribution in [3.8, 4) is 17.0 Å². The lowest BCUT2D eigenvalue weighted by Gasteiger charge is -2.07. The molecule has 142 valence electrons. The number of hydrogen-bond donors (Lipinski definition) is 2. The number of hydrogen-bond acceptors (Lipinski definition) is 6. The Balaban J connectivity index is 1.70. The second-order valence-corrected chi connectivity index (χ2v) is 5.65. The molecule has 0 saturated heterocycles. The number of nitro benzene ring substituents is 1. The van der Waals surface area contributed by atoms with E-state index in [0.717, 1.165) is 5.56 Å². The lowest BCUT2D eigenvalue weighted by molar-refractivity contribution is -0.384. The highest BCUT2D eigenvalue weighted by Crippen LogP contribution is 2.28. The van der Waals surface area contributed by atoms with Crippen molar-refractivity contribution in [2.75, 3.05) is 6.61 Å². The average molecular weight is 379 g/mol. The Labute approximate surface area is 160 Å². The number of hydrazone groups is 1. The van der Waals surface area contributed by atoms with E-state index in [9.17, 15) is 14.9 Å². The van der Waals surface area contributed by atoms with Crippen LogP contribution in [0, 0.1) is 10.1 Å². The van der Waals surface area contributed by atoms with Crippen molar-refractivity contribution in [3.63, 3.8) is 0 Å². The molecule has 3 rings (SSSR count). The first kappa shape index (κ1) is 18.8. The van der Waals surface area contributed by atoms with E-state index < -0.39 is 10.8 Å². The molecule has 0 bridgehead atoms. The minimum absolute atomic E-state index is 0.0542. The standard InChI is InChI=1S/C19H17N5O4/c1-2-28-18-9-4-3-8-15(18)16-11-17(22-21-16)19(25)23-20-12-13-6-5-7-14(10-13)24(26)27/h3-12H,2H2,1H3,(H,21,22)(H,23,25). The third-order valence-electron chi connectivity index (χ3n) is 3.75. The van der Waals surface area contributed by atoms with Gasteiger partial charge < -0.3 is 4.74 Å². The van der Waals surface area contributed by atoms with Crippen molar-refractivity contribution in [2.45, 2.75) is 6.92 Å². The molecule has 0 aliphatic carbocycles. The number of non-ortho nitro benzene ring substituents is 1. The van der Waals surface area contributed by atoms with Crippen LogP contribution in [0.25, 0.3) is 11.3 Å². The van der Waals surface area contributed by atoms with Gasteiger partial charge in [-0.2, -0.15) is 10.2 Å². The largest absolute Gasteiger partial charge is 0.493 e. The van der Waals surface area contributed by atoms with Gasteiger partial charge in [0.1, 0.15) is 11.4 Å². The van der Waals surface area contributed by atoms with E-state index >= 15 is 0 Å². The summed E-state index contributed by atoms with van der Waals surface area (Å²) in [5, 5.41) is 21.4. The van der Waals surface area contributed by atoms with E-state index in [4.69, 9.17) is 4.74 Å². The number of aromatic nitrogens is 2. The van der Waals surface area contributed by atoms with Gasteiger partial charge in [-0.25, -0.2) is 5.43 Å². The normalized spacial score (nSPS) is 10.8. The fourth-order valence-electron chi connectivity index (χ4n) is 2.48. The molecular weight excluding hydrogens is 362 g/mol. The second-order valence-electron chi connectivity index (χ2n) is 5.65. The topological polar surface area (TPSA) is 123 Å². The zero-order chi connectivity index (χ0) is 19.9. The molecule has 28 heavy (non-hydrogen) atoms. The number of carbonyl (C=O) groups excluding carboxylic acids is 1. The molecule has 9 nitrogen and oxygen atoms in total. The lowest BCUT2D eigenvalue weighted by Crippen LogP contribution is -2.18. The van der Waals surface area contributed by atoms with Crippen LogP contribution in [0.15, 0.2) is 59.7 Å². The van der Waals surface area contributed by atoms with Crippen molar-refractivity contribution < 1.29 is 14.5 Å². The number of benzene rings is 2. The van der Waals surface area contributed by atoms with Gasteiger partial charge >= 0.3 is 0 Å². The number of para-hydroxylation sites is 1. The fourth-order valence-corrected chi connectivity index (χ4v) is 2.48. The van der Waals surface area contributed by atoms with Crippen molar-refractivity contribution in [3.05, 3.63) is 76.0 Å². The Hall–Kier alpha value is -4.01. The van der Waals surface area contributed by atoms with E-state index in [1.165, 1.54) is 24.4 Å². The van der Waals surface area contributed by atoms with Gasteiger partial charge in [-0.1, -0.05) is 24.3 Å². The summed E-state index contributed by atoms with van der Waals surface area (Å²) in [5.41, 5.74) is 4.35. The van der Waals surface area contributed by atoms with Gasteiger partial charge in [0.05, 0.1) is 23.4 Å². The summed E-state index contributed by atoms with van der Waals surface area (Å²) >= 11 is 0. The van der Waals surface area contributed by atoms with Crippen molar-refractivity contribution in [1.29, 1.82) is 0 Å². The fraction of sp³-hybridized carbons (Fsp3) is 0.105. The van der Waals surface area contributed by atoms with Crippen molar-refractivity contribution in [2.24, 2.45) is 5.10 Å². The molecule has 0 spiro atoms. The molecule has 2 N–H and O–H groups in total. The highest BCUT2D eigenvalue weighted by atomic mass is 16.6. The lowest BCUT2D eigenvalue weighted by atomic mass is 10.1. The highest BCUT2D eigenvalue weighted by molar-refractivity contribution is 5.94. The molecule has 1 amide bonds. The molecular formula is C19H17N5O4. The Kier molecular flexibility index (Phi) is 5.75. The summed E-state index contributed by atoms with van der Waals surface area (Å²) in [4.78, 5) is 22.5. The van der Waals surface area contributed by atoms with Crippen LogP contribution < -0.4 is 10.2 Å². The van der Waals surface area contributed by atoms with Crippen molar-refractivity contribution >= 4 is 17.8 Å². The maximum atomic E-state index is 12.2. The molecule has 0 aliphatic heterocycles. The monoisotopic (exact) mass is 379 g/mol. The smallest absolute Gasteiger partial charge is 0.289 e. The molecule has 3 aromatic rings. The third kappa shape index (κ3) is 4.39. The third-order valence-corrected chi connectivity index (χ3v) is 3.75. The van der Waals surface area contributed by atoms with Gasteiger partial charge in [0.15, 0.2) is 0 Å². The van der Waals surface area contributed by atoms with Crippen LogP contribution in [0.2, 0.25) is 0 Å². The molecule has 2 aromatic carbocycles. The number of nitrogens with zero attached hydrogens (tertiary/aromatic N) is 3. The molecule has 0 aliphatic rings. The van der Waals surface area contributed by atoms with E-state index in [1.54, 1.807) is 12.1 Å². The van der Waals surface area contributed by atoms with Gasteiger partial charge in [0, 0.05) is 23.3 Å². The first-order valence-corrected chi connectivity index (χ1v) is 8.44. The number of ether oxygens (including phenoxy) is 1. The molecule has 0 saturated carbocycles. The van der Waals surface area contributed by atoms with Gasteiger partial charge in [-0.05, 0) is 25.1 Å². The predicted molar refractivity (Wildman–Crippen MR) is 103 cm³/mol. The first-order valence-electron chi connectivity index (χ1n) is 8.44. The highest BCUT2D eigenvalue weighted by Gasteiger charge is 2.13. The van der Waals surface area contributed by atoms with Gasteiger partial charge in [-0.15, -0.1) is 0 Å². The molecule has 0 fully saturated rings. The second kappa shape index (κ2) is 8.58. The maximum absolute atomic E-state index is 12.2. The number of H-pyrrole nitrogens is 1. The summed E-state index contributed by atoms with van der Waals surface area (Å²) in [6.45, 7) is 2.40. The Morgan fingerprint density at radius 1 is 1.29 bits per heavy atom. The first-order chi connectivity index (χ1) is 13.6. The Bertz CT molecular complexity index is 1030. The molecule has 9 heteroatoms. The Morgan fingerprint density at radius 2 is 2.11 bits per heavy atom. The molecule has 0 atom stereocenters. The number of carbonyl (C=O) groups is 1. The van der Waals surface area contributed by atoms with Crippen LogP contribution in [0.4, 0.5) is 5.69 Å². The maximum Gasteiger partial charge on any atom is 0.289 e. The van der Waals surface area contributed by atoms with E-state index in [-0.39, 0.29) is 11.4 Å². The zero-order valence-corrected chi connectivity index (χ0v) is 15.0. The number of aromatic amines is 1. The SMILES string of the molecule is CCOc1ccccc1-c1cc(C(=O)NN=Cc2cccc([N+](=O)[O-])c2)[nH]n1.